The largest absolute Gasteiger partial charge is 0.343 e. The number of nitrogens with one attached hydrogen (secondary N) is 1. The number of amides is 2. The number of rotatable bonds is 6. The van der Waals surface area contributed by atoms with Crippen molar-refractivity contribution in [2.24, 2.45) is 0 Å². The van der Waals surface area contributed by atoms with Gasteiger partial charge < -0.3 is 10.2 Å². The third kappa shape index (κ3) is 5.17. The summed E-state index contributed by atoms with van der Waals surface area (Å²) < 4.78 is 55.7. The molecule has 5 rings (SSSR count). The number of hydrogen-bond acceptors (Lipinski definition) is 4. The fraction of sp³-hybridized carbons (Fsp3) is 0.310. The number of halogens is 3. The van der Waals surface area contributed by atoms with E-state index in [1.807, 2.05) is 55.5 Å². The zero-order valence-corrected chi connectivity index (χ0v) is 24.1. The van der Waals surface area contributed by atoms with E-state index in [-0.39, 0.29) is 42.6 Å². The number of carbonyl (C=O) groups excluding carboxylic acids is 2. The highest BCUT2D eigenvalue weighted by Gasteiger charge is 2.47. The van der Waals surface area contributed by atoms with Gasteiger partial charge in [-0.15, -0.1) is 0 Å². The van der Waals surface area contributed by atoms with Crippen LogP contribution in [0.15, 0.2) is 76.1 Å². The summed E-state index contributed by atoms with van der Waals surface area (Å²) in [5.41, 5.74) is 1.41. The molecule has 0 aliphatic carbocycles. The quantitative estimate of drug-likeness (QED) is 0.428. The second kappa shape index (κ2) is 11.0. The van der Waals surface area contributed by atoms with Crippen LogP contribution in [-0.4, -0.2) is 50.2 Å². The van der Waals surface area contributed by atoms with Crippen molar-refractivity contribution >= 4 is 43.5 Å². The maximum Gasteiger partial charge on any atom is 0.249 e. The number of sulfonamides is 1. The summed E-state index contributed by atoms with van der Waals surface area (Å²) in [4.78, 5) is 28.6. The SMILES string of the molecule is Cc1cc(N2CCC(NC(=O)C3(c4ccccc4)CCN(S(=O)(=O)c4ccc(F)c(F)c4)CC3)C2=O)ccc1Br. The Labute approximate surface area is 240 Å². The first-order valence-electron chi connectivity index (χ1n) is 12.9. The zero-order chi connectivity index (χ0) is 28.7. The molecular weight excluding hydrogens is 604 g/mol. The molecule has 2 heterocycles. The molecule has 0 spiro atoms. The van der Waals surface area contributed by atoms with E-state index in [4.69, 9.17) is 0 Å². The molecule has 2 aliphatic heterocycles. The third-order valence-corrected chi connectivity index (χ3v) is 10.6. The molecule has 1 unspecified atom stereocenters. The van der Waals surface area contributed by atoms with Gasteiger partial charge in [-0.25, -0.2) is 17.2 Å². The predicted molar refractivity (Wildman–Crippen MR) is 150 cm³/mol. The fourth-order valence-electron chi connectivity index (χ4n) is 5.46. The molecule has 11 heteroatoms. The van der Waals surface area contributed by atoms with Gasteiger partial charge in [0.15, 0.2) is 11.6 Å². The highest BCUT2D eigenvalue weighted by Crippen LogP contribution is 2.38. The Morgan fingerprint density at radius 1 is 0.975 bits per heavy atom. The second-order valence-electron chi connectivity index (χ2n) is 10.2. The topological polar surface area (TPSA) is 86.8 Å². The highest BCUT2D eigenvalue weighted by molar-refractivity contribution is 9.10. The molecule has 1 N–H and O–H groups in total. The number of piperidine rings is 1. The smallest absolute Gasteiger partial charge is 0.249 e. The molecule has 0 radical (unpaired) electrons. The molecule has 2 amide bonds. The lowest BCUT2D eigenvalue weighted by molar-refractivity contribution is -0.131. The molecule has 2 saturated heterocycles. The molecule has 0 bridgehead atoms. The van der Waals surface area contributed by atoms with Crippen LogP contribution in [0.5, 0.6) is 0 Å². The van der Waals surface area contributed by atoms with Crippen molar-refractivity contribution in [1.29, 1.82) is 0 Å². The maximum atomic E-state index is 13.9. The Bertz CT molecular complexity index is 1560. The van der Waals surface area contributed by atoms with Crippen LogP contribution in [0.4, 0.5) is 14.5 Å². The van der Waals surface area contributed by atoms with Crippen LogP contribution in [0.25, 0.3) is 0 Å². The van der Waals surface area contributed by atoms with Crippen LogP contribution in [-0.2, 0) is 25.0 Å². The first-order chi connectivity index (χ1) is 19.0. The van der Waals surface area contributed by atoms with Crippen molar-refractivity contribution in [2.75, 3.05) is 24.5 Å². The molecular formula is C29H28BrF2N3O4S. The Kier molecular flexibility index (Phi) is 7.82. The van der Waals surface area contributed by atoms with Crippen LogP contribution >= 0.6 is 15.9 Å². The lowest BCUT2D eigenvalue weighted by Gasteiger charge is -2.41. The van der Waals surface area contributed by atoms with Gasteiger partial charge >= 0.3 is 0 Å². The maximum absolute atomic E-state index is 13.9. The summed E-state index contributed by atoms with van der Waals surface area (Å²) in [5, 5.41) is 2.96. The van der Waals surface area contributed by atoms with Gasteiger partial charge in [-0.2, -0.15) is 4.31 Å². The minimum absolute atomic E-state index is 0.00739. The van der Waals surface area contributed by atoms with Gasteiger partial charge in [0, 0.05) is 29.8 Å². The van der Waals surface area contributed by atoms with E-state index in [9.17, 15) is 26.8 Å². The molecule has 3 aromatic carbocycles. The van der Waals surface area contributed by atoms with Crippen molar-refractivity contribution in [2.45, 2.75) is 42.5 Å². The molecule has 2 fully saturated rings. The molecule has 2 aliphatic rings. The molecule has 210 valence electrons. The van der Waals surface area contributed by atoms with E-state index in [0.29, 0.717) is 19.0 Å². The second-order valence-corrected chi connectivity index (χ2v) is 13.0. The molecule has 3 aromatic rings. The number of carbonyl (C=O) groups is 2. The summed E-state index contributed by atoms with van der Waals surface area (Å²) in [5.74, 6) is -2.91. The average Bonchev–Trinajstić information content (AvgIpc) is 3.31. The number of anilines is 1. The van der Waals surface area contributed by atoms with Crippen LogP contribution in [0, 0.1) is 18.6 Å². The van der Waals surface area contributed by atoms with E-state index in [0.717, 1.165) is 33.4 Å². The average molecular weight is 633 g/mol. The minimum Gasteiger partial charge on any atom is -0.343 e. The Morgan fingerprint density at radius 2 is 1.68 bits per heavy atom. The van der Waals surface area contributed by atoms with E-state index in [2.05, 4.69) is 21.2 Å². The molecule has 0 aromatic heterocycles. The summed E-state index contributed by atoms with van der Waals surface area (Å²) >= 11 is 3.47. The Hall–Kier alpha value is -3.15. The van der Waals surface area contributed by atoms with Crippen molar-refractivity contribution in [3.8, 4) is 0 Å². The van der Waals surface area contributed by atoms with Crippen LogP contribution in [0.1, 0.15) is 30.4 Å². The number of aryl methyl sites for hydroxylation is 1. The normalized spacial score (nSPS) is 19.6. The predicted octanol–water partition coefficient (Wildman–Crippen LogP) is 4.68. The zero-order valence-electron chi connectivity index (χ0n) is 21.7. The van der Waals surface area contributed by atoms with E-state index in [1.54, 1.807) is 4.90 Å². The molecule has 0 saturated carbocycles. The number of nitrogens with zero attached hydrogens (tertiary/aromatic N) is 2. The monoisotopic (exact) mass is 631 g/mol. The van der Waals surface area contributed by atoms with Crippen molar-refractivity contribution in [3.63, 3.8) is 0 Å². The van der Waals surface area contributed by atoms with Gasteiger partial charge in [0.25, 0.3) is 0 Å². The molecule has 1 atom stereocenters. The van der Waals surface area contributed by atoms with Gasteiger partial charge in [0.2, 0.25) is 21.8 Å². The van der Waals surface area contributed by atoms with Gasteiger partial charge in [0.1, 0.15) is 6.04 Å². The van der Waals surface area contributed by atoms with Gasteiger partial charge in [-0.05, 0) is 73.7 Å². The van der Waals surface area contributed by atoms with Crippen molar-refractivity contribution in [3.05, 3.63) is 94.0 Å². The highest BCUT2D eigenvalue weighted by atomic mass is 79.9. The standard InChI is InChI=1S/C29H28BrF2N3O4S/c1-19-17-21(7-9-23(19)30)35-14-11-26(27(35)36)33-28(37)29(20-5-3-2-4-6-20)12-15-34(16-13-29)40(38,39)22-8-10-24(31)25(32)18-22/h2-10,17-18,26H,11-16H2,1H3,(H,33,37). The Morgan fingerprint density at radius 3 is 2.33 bits per heavy atom. The van der Waals surface area contributed by atoms with Gasteiger partial charge in [0.05, 0.1) is 10.3 Å². The minimum atomic E-state index is -4.10. The number of hydrogen-bond donors (Lipinski definition) is 1. The van der Waals surface area contributed by atoms with E-state index < -0.39 is 33.1 Å². The third-order valence-electron chi connectivity index (χ3n) is 7.83. The summed E-state index contributed by atoms with van der Waals surface area (Å²) in [6, 6.07) is 16.5. The van der Waals surface area contributed by atoms with Crippen LogP contribution < -0.4 is 10.2 Å². The van der Waals surface area contributed by atoms with Gasteiger partial charge in [-0.3, -0.25) is 9.59 Å². The van der Waals surface area contributed by atoms with E-state index in [1.165, 1.54) is 4.31 Å². The first kappa shape index (κ1) is 28.4. The lowest BCUT2D eigenvalue weighted by atomic mass is 9.72. The molecule has 40 heavy (non-hydrogen) atoms. The summed E-state index contributed by atoms with van der Waals surface area (Å²) in [7, 11) is -4.10. The lowest BCUT2D eigenvalue weighted by Crippen LogP contribution is -2.55. The van der Waals surface area contributed by atoms with Crippen LogP contribution in [0.2, 0.25) is 0 Å². The van der Waals surface area contributed by atoms with Gasteiger partial charge in [-0.1, -0.05) is 46.3 Å². The molecule has 7 nitrogen and oxygen atoms in total. The summed E-state index contributed by atoms with van der Waals surface area (Å²) in [6.07, 6.45) is 0.756. The Balaban J connectivity index is 1.36. The summed E-state index contributed by atoms with van der Waals surface area (Å²) in [6.45, 7) is 2.39. The first-order valence-corrected chi connectivity index (χ1v) is 15.2. The fourth-order valence-corrected chi connectivity index (χ4v) is 7.16. The van der Waals surface area contributed by atoms with E-state index >= 15 is 0 Å². The number of benzene rings is 3. The van der Waals surface area contributed by atoms with Crippen molar-refractivity contribution in [1.82, 2.24) is 9.62 Å². The van der Waals surface area contributed by atoms with Crippen LogP contribution in [0.3, 0.4) is 0 Å². The van der Waals surface area contributed by atoms with Crippen molar-refractivity contribution < 1.29 is 26.8 Å².